The van der Waals surface area contributed by atoms with Crippen molar-refractivity contribution in [3.8, 4) is 0 Å². The number of halogens is 1. The summed E-state index contributed by atoms with van der Waals surface area (Å²) >= 11 is 2.47. The van der Waals surface area contributed by atoms with Gasteiger partial charge < -0.3 is 0 Å². The van der Waals surface area contributed by atoms with Crippen LogP contribution in [-0.2, 0) is 0 Å². The van der Waals surface area contributed by atoms with Crippen molar-refractivity contribution in [2.75, 3.05) is 0 Å². The molecular weight excluding hydrogens is 211 g/mol. The average molecular weight is 225 g/mol. The molecule has 1 heteroatoms. The largest absolute Gasteiger partial charge is 0.0823 e. The summed E-state index contributed by atoms with van der Waals surface area (Å²) in [6.45, 7) is 4.37. The fraction of sp³-hybridized carbons (Fsp3) is 0.857. The van der Waals surface area contributed by atoms with E-state index in [0.29, 0.717) is 0 Å². The summed E-state index contributed by atoms with van der Waals surface area (Å²) < 4.78 is 0.799. The molecule has 0 spiro atoms. The van der Waals surface area contributed by atoms with Crippen LogP contribution >= 0.6 is 22.6 Å². The monoisotopic (exact) mass is 225 g/mol. The van der Waals surface area contributed by atoms with Crippen molar-refractivity contribution in [1.29, 1.82) is 0 Å². The molecule has 0 heterocycles. The molecule has 1 atom stereocenters. The molecule has 0 aromatic rings. The molecule has 0 aliphatic heterocycles. The molecule has 0 aliphatic carbocycles. The minimum absolute atomic E-state index is 0.799. The number of unbranched alkanes of at least 4 members (excludes halogenated alkanes) is 1. The van der Waals surface area contributed by atoms with Gasteiger partial charge in [-0.25, -0.2) is 0 Å². The third kappa shape index (κ3) is 4.88. The quantitative estimate of drug-likeness (QED) is 0.509. The fourth-order valence-corrected chi connectivity index (χ4v) is 1.01. The van der Waals surface area contributed by atoms with Crippen LogP contribution in [-0.4, -0.2) is 3.92 Å². The van der Waals surface area contributed by atoms with Crippen molar-refractivity contribution in [1.82, 2.24) is 0 Å². The van der Waals surface area contributed by atoms with Crippen molar-refractivity contribution in [3.05, 3.63) is 6.42 Å². The molecule has 0 N–H and O–H groups in total. The smallest absolute Gasteiger partial charge is 0.0138 e. The average Bonchev–Trinajstić information content (AvgIpc) is 1.83. The zero-order valence-corrected chi connectivity index (χ0v) is 7.81. The molecule has 49 valence electrons. The molecule has 0 amide bonds. The Labute approximate surface area is 66.2 Å². The molecule has 1 unspecified atom stereocenters. The summed E-state index contributed by atoms with van der Waals surface area (Å²) in [6.07, 6.45) is 6.31. The Morgan fingerprint density at radius 3 is 2.62 bits per heavy atom. The Hall–Kier alpha value is 0.730. The molecule has 0 saturated carbocycles. The van der Waals surface area contributed by atoms with Crippen LogP contribution in [0.25, 0.3) is 0 Å². The van der Waals surface area contributed by atoms with Gasteiger partial charge in [0.15, 0.2) is 0 Å². The minimum Gasteiger partial charge on any atom is -0.0823 e. The summed E-state index contributed by atoms with van der Waals surface area (Å²) in [7, 11) is 0. The first kappa shape index (κ1) is 8.73. The predicted octanol–water partition coefficient (Wildman–Crippen LogP) is 3.20. The lowest BCUT2D eigenvalue weighted by molar-refractivity contribution is 0.733. The Balaban J connectivity index is 2.86. The molecule has 8 heavy (non-hydrogen) atoms. The maximum atomic E-state index is 2.47. The summed E-state index contributed by atoms with van der Waals surface area (Å²) in [5.41, 5.74) is 0. The molecule has 0 rings (SSSR count). The SMILES string of the molecule is C[CH]C(I)CCCC. The molecule has 0 saturated heterocycles. The van der Waals surface area contributed by atoms with Gasteiger partial charge in [0.2, 0.25) is 0 Å². The lowest BCUT2D eigenvalue weighted by Gasteiger charge is -2.02. The van der Waals surface area contributed by atoms with Crippen molar-refractivity contribution in [3.63, 3.8) is 0 Å². The third-order valence-electron chi connectivity index (χ3n) is 1.20. The van der Waals surface area contributed by atoms with Gasteiger partial charge in [-0.3, -0.25) is 0 Å². The Morgan fingerprint density at radius 1 is 1.62 bits per heavy atom. The molecule has 0 fully saturated rings. The highest BCUT2D eigenvalue weighted by Gasteiger charge is 1.97. The van der Waals surface area contributed by atoms with Crippen LogP contribution in [0, 0.1) is 6.42 Å². The summed E-state index contributed by atoms with van der Waals surface area (Å²) in [6, 6.07) is 0. The molecule has 1 radical (unpaired) electrons. The van der Waals surface area contributed by atoms with Crippen molar-refractivity contribution in [2.45, 2.75) is 37.0 Å². The van der Waals surface area contributed by atoms with E-state index in [0.717, 1.165) is 3.92 Å². The Bertz CT molecular complexity index is 43.7. The van der Waals surface area contributed by atoms with E-state index in [9.17, 15) is 0 Å². The van der Waals surface area contributed by atoms with E-state index in [4.69, 9.17) is 0 Å². The van der Waals surface area contributed by atoms with Gasteiger partial charge in [-0.05, 0) is 12.8 Å². The molecule has 0 aromatic heterocycles. The first-order valence-electron chi connectivity index (χ1n) is 3.24. The van der Waals surface area contributed by atoms with Crippen molar-refractivity contribution in [2.24, 2.45) is 0 Å². The van der Waals surface area contributed by atoms with E-state index < -0.39 is 0 Å². The minimum atomic E-state index is 0.799. The fourth-order valence-electron chi connectivity index (χ4n) is 0.566. The van der Waals surface area contributed by atoms with Gasteiger partial charge in [-0.2, -0.15) is 0 Å². The Kier molecular flexibility index (Phi) is 6.39. The van der Waals surface area contributed by atoms with Crippen LogP contribution < -0.4 is 0 Å². The zero-order chi connectivity index (χ0) is 6.41. The van der Waals surface area contributed by atoms with Crippen molar-refractivity contribution >= 4 is 22.6 Å². The van der Waals surface area contributed by atoms with Crippen molar-refractivity contribution < 1.29 is 0 Å². The van der Waals surface area contributed by atoms with E-state index >= 15 is 0 Å². The lowest BCUT2D eigenvalue weighted by atomic mass is 10.2. The second-order valence-electron chi connectivity index (χ2n) is 1.99. The van der Waals surface area contributed by atoms with E-state index in [1.54, 1.807) is 0 Å². The van der Waals surface area contributed by atoms with E-state index in [-0.39, 0.29) is 0 Å². The molecule has 0 aromatic carbocycles. The van der Waals surface area contributed by atoms with Crippen LogP contribution in [0.1, 0.15) is 33.1 Å². The van der Waals surface area contributed by atoms with Crippen LogP contribution in [0.15, 0.2) is 0 Å². The highest BCUT2D eigenvalue weighted by molar-refractivity contribution is 14.1. The summed E-state index contributed by atoms with van der Waals surface area (Å²) in [5.74, 6) is 0. The maximum Gasteiger partial charge on any atom is 0.0138 e. The number of alkyl halides is 1. The summed E-state index contributed by atoms with van der Waals surface area (Å²) in [4.78, 5) is 0. The first-order chi connectivity index (χ1) is 3.81. The lowest BCUT2D eigenvalue weighted by Crippen LogP contribution is -1.93. The Morgan fingerprint density at radius 2 is 2.25 bits per heavy atom. The van der Waals surface area contributed by atoms with E-state index in [1.165, 1.54) is 19.3 Å². The third-order valence-corrected chi connectivity index (χ3v) is 2.54. The highest BCUT2D eigenvalue weighted by atomic mass is 127. The van der Waals surface area contributed by atoms with E-state index in [1.807, 2.05) is 0 Å². The van der Waals surface area contributed by atoms with Gasteiger partial charge in [-0.1, -0.05) is 49.3 Å². The molecular formula is C7H14I. The zero-order valence-electron chi connectivity index (χ0n) is 5.65. The van der Waals surface area contributed by atoms with Crippen LogP contribution in [0.2, 0.25) is 0 Å². The van der Waals surface area contributed by atoms with Gasteiger partial charge in [0.1, 0.15) is 0 Å². The van der Waals surface area contributed by atoms with Gasteiger partial charge in [0.05, 0.1) is 0 Å². The van der Waals surface area contributed by atoms with Crippen LogP contribution in [0.5, 0.6) is 0 Å². The topological polar surface area (TPSA) is 0 Å². The normalized spacial score (nSPS) is 13.9. The van der Waals surface area contributed by atoms with Gasteiger partial charge in [0.25, 0.3) is 0 Å². The molecule has 0 nitrogen and oxygen atoms in total. The predicted molar refractivity (Wildman–Crippen MR) is 47.3 cm³/mol. The molecule has 0 bridgehead atoms. The van der Waals surface area contributed by atoms with Crippen LogP contribution in [0.3, 0.4) is 0 Å². The number of hydrogen-bond donors (Lipinski definition) is 0. The second-order valence-corrected chi connectivity index (χ2v) is 3.59. The summed E-state index contributed by atoms with van der Waals surface area (Å²) in [5, 5.41) is 0. The number of rotatable bonds is 4. The maximum absolute atomic E-state index is 2.47. The van der Waals surface area contributed by atoms with Gasteiger partial charge in [-0.15, -0.1) is 0 Å². The molecule has 0 aliphatic rings. The standard InChI is InChI=1S/C7H14I/c1-3-5-6-7(8)4-2/h4,7H,3,5-6H2,1-2H3. The van der Waals surface area contributed by atoms with Gasteiger partial charge >= 0.3 is 0 Å². The van der Waals surface area contributed by atoms with Crippen LogP contribution in [0.4, 0.5) is 0 Å². The number of hydrogen-bond acceptors (Lipinski definition) is 0. The van der Waals surface area contributed by atoms with Gasteiger partial charge in [0, 0.05) is 3.92 Å². The van der Waals surface area contributed by atoms with E-state index in [2.05, 4.69) is 42.9 Å². The highest BCUT2D eigenvalue weighted by Crippen LogP contribution is 2.12. The first-order valence-corrected chi connectivity index (χ1v) is 4.49. The second kappa shape index (κ2) is 5.86.